The summed E-state index contributed by atoms with van der Waals surface area (Å²) in [6, 6.07) is 9.66. The predicted molar refractivity (Wildman–Crippen MR) is 80.2 cm³/mol. The molecule has 1 saturated heterocycles. The molecule has 0 saturated carbocycles. The fourth-order valence-electron chi connectivity index (χ4n) is 2.51. The number of aryl methyl sites for hydroxylation is 1. The Hall–Kier alpha value is -2.34. The van der Waals surface area contributed by atoms with Gasteiger partial charge in [-0.2, -0.15) is 5.10 Å². The Morgan fingerprint density at radius 1 is 1.45 bits per heavy atom. The van der Waals surface area contributed by atoms with Gasteiger partial charge in [0.15, 0.2) is 0 Å². The SMILES string of the molecule is Cc1n[nH]cc1C1CN(C(=O)OCc2ccccc2)CCO1. The third-order valence-corrected chi connectivity index (χ3v) is 3.75. The Kier molecular flexibility index (Phi) is 4.39. The summed E-state index contributed by atoms with van der Waals surface area (Å²) < 4.78 is 11.1. The van der Waals surface area contributed by atoms with E-state index in [0.29, 0.717) is 19.7 Å². The molecule has 1 amide bonds. The zero-order chi connectivity index (χ0) is 15.4. The number of hydrogen-bond acceptors (Lipinski definition) is 4. The van der Waals surface area contributed by atoms with Gasteiger partial charge in [0.2, 0.25) is 0 Å². The van der Waals surface area contributed by atoms with Crippen LogP contribution in [0.1, 0.15) is 22.9 Å². The largest absolute Gasteiger partial charge is 0.445 e. The van der Waals surface area contributed by atoms with Crippen LogP contribution in [-0.4, -0.2) is 40.9 Å². The van der Waals surface area contributed by atoms with E-state index in [1.54, 1.807) is 4.90 Å². The van der Waals surface area contributed by atoms with Gasteiger partial charge in [0, 0.05) is 18.3 Å². The number of morpholine rings is 1. The minimum absolute atomic E-state index is 0.156. The number of H-pyrrole nitrogens is 1. The van der Waals surface area contributed by atoms with E-state index >= 15 is 0 Å². The zero-order valence-electron chi connectivity index (χ0n) is 12.5. The average Bonchev–Trinajstić information content (AvgIpc) is 3.00. The van der Waals surface area contributed by atoms with Crippen molar-refractivity contribution < 1.29 is 14.3 Å². The van der Waals surface area contributed by atoms with Crippen molar-refractivity contribution in [3.8, 4) is 0 Å². The van der Waals surface area contributed by atoms with E-state index < -0.39 is 0 Å². The molecule has 6 heteroatoms. The molecular formula is C16H19N3O3. The molecule has 116 valence electrons. The summed E-state index contributed by atoms with van der Waals surface area (Å²) in [6.07, 6.45) is 1.36. The summed E-state index contributed by atoms with van der Waals surface area (Å²) in [5.74, 6) is 0. The molecule has 2 heterocycles. The van der Waals surface area contributed by atoms with Crippen LogP contribution in [0.2, 0.25) is 0 Å². The van der Waals surface area contributed by atoms with E-state index in [4.69, 9.17) is 9.47 Å². The molecule has 22 heavy (non-hydrogen) atoms. The minimum atomic E-state index is -0.307. The Balaban J connectivity index is 1.57. The smallest absolute Gasteiger partial charge is 0.410 e. The molecule has 1 aliphatic heterocycles. The molecule has 2 aromatic rings. The zero-order valence-corrected chi connectivity index (χ0v) is 12.5. The number of hydrogen-bond donors (Lipinski definition) is 1. The lowest BCUT2D eigenvalue weighted by atomic mass is 10.1. The van der Waals surface area contributed by atoms with E-state index in [-0.39, 0.29) is 18.8 Å². The fraction of sp³-hybridized carbons (Fsp3) is 0.375. The van der Waals surface area contributed by atoms with Crippen LogP contribution < -0.4 is 0 Å². The number of ether oxygens (including phenoxy) is 2. The molecule has 1 unspecified atom stereocenters. The van der Waals surface area contributed by atoms with Crippen molar-refractivity contribution >= 4 is 6.09 Å². The number of aromatic amines is 1. The molecule has 0 radical (unpaired) electrons. The third kappa shape index (κ3) is 3.28. The lowest BCUT2D eigenvalue weighted by Crippen LogP contribution is -2.42. The van der Waals surface area contributed by atoms with Crippen LogP contribution in [0.3, 0.4) is 0 Å². The molecule has 1 aliphatic rings. The van der Waals surface area contributed by atoms with Crippen molar-refractivity contribution in [3.63, 3.8) is 0 Å². The van der Waals surface area contributed by atoms with E-state index in [0.717, 1.165) is 16.8 Å². The maximum absolute atomic E-state index is 12.2. The van der Waals surface area contributed by atoms with E-state index in [1.165, 1.54) is 0 Å². The van der Waals surface area contributed by atoms with Crippen molar-refractivity contribution in [2.24, 2.45) is 0 Å². The highest BCUT2D eigenvalue weighted by Gasteiger charge is 2.28. The first-order valence-corrected chi connectivity index (χ1v) is 7.31. The fourth-order valence-corrected chi connectivity index (χ4v) is 2.51. The van der Waals surface area contributed by atoms with Crippen LogP contribution in [0, 0.1) is 6.92 Å². The number of nitrogens with zero attached hydrogens (tertiary/aromatic N) is 2. The number of benzene rings is 1. The Bertz CT molecular complexity index is 627. The van der Waals surface area contributed by atoms with Gasteiger partial charge in [0.1, 0.15) is 12.7 Å². The van der Waals surface area contributed by atoms with Crippen LogP contribution in [0.5, 0.6) is 0 Å². The van der Waals surface area contributed by atoms with Crippen molar-refractivity contribution in [2.45, 2.75) is 19.6 Å². The van der Waals surface area contributed by atoms with Gasteiger partial charge < -0.3 is 14.4 Å². The highest BCUT2D eigenvalue weighted by molar-refractivity contribution is 5.67. The number of rotatable bonds is 3. The molecule has 1 N–H and O–H groups in total. The molecule has 0 bridgehead atoms. The predicted octanol–water partition coefficient (Wildman–Crippen LogP) is 2.43. The molecule has 1 aromatic heterocycles. The molecule has 1 fully saturated rings. The van der Waals surface area contributed by atoms with Crippen molar-refractivity contribution in [1.29, 1.82) is 0 Å². The molecular weight excluding hydrogens is 282 g/mol. The van der Waals surface area contributed by atoms with Gasteiger partial charge in [-0.05, 0) is 12.5 Å². The quantitative estimate of drug-likeness (QED) is 0.945. The summed E-state index contributed by atoms with van der Waals surface area (Å²) in [7, 11) is 0. The lowest BCUT2D eigenvalue weighted by Gasteiger charge is -2.32. The molecule has 0 aliphatic carbocycles. The second-order valence-electron chi connectivity index (χ2n) is 5.27. The van der Waals surface area contributed by atoms with Crippen LogP contribution in [0.4, 0.5) is 4.79 Å². The maximum Gasteiger partial charge on any atom is 0.410 e. The maximum atomic E-state index is 12.2. The Morgan fingerprint density at radius 2 is 2.27 bits per heavy atom. The summed E-state index contributed by atoms with van der Waals surface area (Å²) in [4.78, 5) is 13.9. The van der Waals surface area contributed by atoms with Crippen molar-refractivity contribution in [3.05, 3.63) is 53.3 Å². The van der Waals surface area contributed by atoms with Crippen LogP contribution in [0.25, 0.3) is 0 Å². The van der Waals surface area contributed by atoms with Gasteiger partial charge in [-0.1, -0.05) is 30.3 Å². The number of amides is 1. The van der Waals surface area contributed by atoms with Crippen LogP contribution in [0.15, 0.2) is 36.5 Å². The van der Waals surface area contributed by atoms with Gasteiger partial charge in [-0.25, -0.2) is 4.79 Å². The van der Waals surface area contributed by atoms with E-state index in [9.17, 15) is 4.79 Å². The number of carbonyl (C=O) groups is 1. The minimum Gasteiger partial charge on any atom is -0.445 e. The average molecular weight is 301 g/mol. The van der Waals surface area contributed by atoms with E-state index in [1.807, 2.05) is 43.5 Å². The second-order valence-corrected chi connectivity index (χ2v) is 5.27. The summed E-state index contributed by atoms with van der Waals surface area (Å²) in [5, 5.41) is 6.92. The van der Waals surface area contributed by atoms with Crippen LogP contribution >= 0.6 is 0 Å². The first-order valence-electron chi connectivity index (χ1n) is 7.31. The van der Waals surface area contributed by atoms with Gasteiger partial charge >= 0.3 is 6.09 Å². The normalized spacial score (nSPS) is 18.2. The highest BCUT2D eigenvalue weighted by atomic mass is 16.6. The standard InChI is InChI=1S/C16H19N3O3/c1-12-14(9-17-18-12)15-10-19(7-8-21-15)16(20)22-11-13-5-3-2-4-6-13/h2-6,9,15H,7-8,10-11H2,1H3,(H,17,18). The van der Waals surface area contributed by atoms with Crippen molar-refractivity contribution in [2.75, 3.05) is 19.7 Å². The lowest BCUT2D eigenvalue weighted by molar-refractivity contribution is -0.0298. The summed E-state index contributed by atoms with van der Waals surface area (Å²) in [5.41, 5.74) is 2.86. The molecule has 0 spiro atoms. The van der Waals surface area contributed by atoms with E-state index in [2.05, 4.69) is 10.2 Å². The molecule has 3 rings (SSSR count). The number of nitrogens with one attached hydrogen (secondary N) is 1. The van der Waals surface area contributed by atoms with Gasteiger partial charge in [-0.3, -0.25) is 5.10 Å². The first kappa shape index (κ1) is 14.6. The topological polar surface area (TPSA) is 67.5 Å². The summed E-state index contributed by atoms with van der Waals surface area (Å²) in [6.45, 7) is 3.72. The van der Waals surface area contributed by atoms with Gasteiger partial charge in [0.25, 0.3) is 0 Å². The Morgan fingerprint density at radius 3 is 3.00 bits per heavy atom. The van der Waals surface area contributed by atoms with Gasteiger partial charge in [0.05, 0.1) is 18.8 Å². The molecule has 1 aromatic carbocycles. The monoisotopic (exact) mass is 301 g/mol. The molecule has 1 atom stereocenters. The second kappa shape index (κ2) is 6.62. The highest BCUT2D eigenvalue weighted by Crippen LogP contribution is 2.24. The van der Waals surface area contributed by atoms with Crippen molar-refractivity contribution in [1.82, 2.24) is 15.1 Å². The number of aromatic nitrogens is 2. The first-order chi connectivity index (χ1) is 10.7. The Labute approximate surface area is 129 Å². The molecule has 6 nitrogen and oxygen atoms in total. The van der Waals surface area contributed by atoms with Gasteiger partial charge in [-0.15, -0.1) is 0 Å². The third-order valence-electron chi connectivity index (χ3n) is 3.75. The number of carbonyl (C=O) groups excluding carboxylic acids is 1. The summed E-state index contributed by atoms with van der Waals surface area (Å²) >= 11 is 0. The van der Waals surface area contributed by atoms with Crippen LogP contribution in [-0.2, 0) is 16.1 Å².